The summed E-state index contributed by atoms with van der Waals surface area (Å²) >= 11 is 0. The van der Waals surface area contributed by atoms with Crippen LogP contribution in [0.2, 0.25) is 0 Å². The van der Waals surface area contributed by atoms with Gasteiger partial charge in [0, 0.05) is 6.42 Å². The van der Waals surface area contributed by atoms with E-state index in [0.717, 1.165) is 10.5 Å². The van der Waals surface area contributed by atoms with Crippen LogP contribution in [0.15, 0.2) is 52.3 Å². The van der Waals surface area contributed by atoms with Crippen molar-refractivity contribution >= 4 is 43.6 Å². The number of benzene rings is 2. The standard InChI is InChI=1S/C27H30N2O9S2/c1-18-10-12-19(13-11-18)40(36,37)38-16-5-3-2-4-6-17-39(34,35)22-9-7-8-20-24(22)27(33)29(26(20)32)21-14-15-23(30)28-25(21)31/h7-13,21H,2-6,14-17H2,1H3,(H,28,30,31). The van der Waals surface area contributed by atoms with E-state index in [0.29, 0.717) is 32.1 Å². The number of carbonyl (C=O) groups is 4. The first kappa shape index (κ1) is 29.6. The third kappa shape index (κ3) is 6.31. The van der Waals surface area contributed by atoms with E-state index in [4.69, 9.17) is 4.18 Å². The second-order valence-corrected chi connectivity index (χ2v) is 13.5. The number of unbranched alkanes of at least 4 members (excludes halogenated alkanes) is 4. The Labute approximate surface area is 232 Å². The van der Waals surface area contributed by atoms with Gasteiger partial charge in [0.25, 0.3) is 21.9 Å². The Balaban J connectivity index is 1.28. The molecule has 4 rings (SSSR count). The van der Waals surface area contributed by atoms with Gasteiger partial charge in [-0.1, -0.05) is 43.0 Å². The number of fused-ring (bicyclic) bond motifs is 1. The van der Waals surface area contributed by atoms with Crippen molar-refractivity contribution in [2.75, 3.05) is 12.4 Å². The number of amides is 4. The minimum Gasteiger partial charge on any atom is -0.295 e. The zero-order valence-corrected chi connectivity index (χ0v) is 23.6. The van der Waals surface area contributed by atoms with E-state index in [2.05, 4.69) is 5.32 Å². The lowest BCUT2D eigenvalue weighted by Gasteiger charge is -2.27. The van der Waals surface area contributed by atoms with Crippen LogP contribution in [0.25, 0.3) is 0 Å². The lowest BCUT2D eigenvalue weighted by atomic mass is 10.0. The fourth-order valence-electron chi connectivity index (χ4n) is 4.72. The Morgan fingerprint density at radius 2 is 1.55 bits per heavy atom. The maximum absolute atomic E-state index is 13.2. The van der Waals surface area contributed by atoms with Crippen LogP contribution >= 0.6 is 0 Å². The topological polar surface area (TPSA) is 161 Å². The number of nitrogens with one attached hydrogen (secondary N) is 1. The molecule has 11 nitrogen and oxygen atoms in total. The molecule has 0 radical (unpaired) electrons. The Hall–Kier alpha value is -3.42. The molecular weight excluding hydrogens is 560 g/mol. The van der Waals surface area contributed by atoms with Crippen molar-refractivity contribution in [1.29, 1.82) is 0 Å². The fourth-order valence-corrected chi connectivity index (χ4v) is 7.26. The number of nitrogens with zero attached hydrogens (tertiary/aromatic N) is 1. The third-order valence-corrected chi connectivity index (χ3v) is 10.0. The van der Waals surface area contributed by atoms with E-state index < -0.39 is 49.6 Å². The molecule has 214 valence electrons. The minimum absolute atomic E-state index is 0.0183. The summed E-state index contributed by atoms with van der Waals surface area (Å²) < 4.78 is 55.8. The molecule has 1 N–H and O–H groups in total. The molecule has 0 spiro atoms. The van der Waals surface area contributed by atoms with Gasteiger partial charge in [-0.3, -0.25) is 33.6 Å². The zero-order chi connectivity index (χ0) is 29.1. The van der Waals surface area contributed by atoms with Crippen LogP contribution in [0.1, 0.15) is 71.2 Å². The normalized spacial score (nSPS) is 17.7. The highest BCUT2D eigenvalue weighted by Gasteiger charge is 2.46. The van der Waals surface area contributed by atoms with Crippen molar-refractivity contribution in [2.24, 2.45) is 0 Å². The summed E-state index contributed by atoms with van der Waals surface area (Å²) in [6.45, 7) is 1.87. The van der Waals surface area contributed by atoms with Gasteiger partial charge < -0.3 is 0 Å². The van der Waals surface area contributed by atoms with Crippen LogP contribution in [0, 0.1) is 6.92 Å². The summed E-state index contributed by atoms with van der Waals surface area (Å²) in [5, 5.41) is 2.11. The van der Waals surface area contributed by atoms with Crippen LogP contribution in [0.4, 0.5) is 0 Å². The maximum atomic E-state index is 13.2. The van der Waals surface area contributed by atoms with Crippen LogP contribution in [0.3, 0.4) is 0 Å². The van der Waals surface area contributed by atoms with E-state index in [9.17, 15) is 36.0 Å². The molecule has 1 saturated heterocycles. The second-order valence-electron chi connectivity index (χ2n) is 9.80. The number of hydrogen-bond acceptors (Lipinski definition) is 9. The van der Waals surface area contributed by atoms with E-state index in [1.165, 1.54) is 30.3 Å². The molecule has 2 aliphatic rings. The molecule has 1 atom stereocenters. The van der Waals surface area contributed by atoms with Crippen molar-refractivity contribution in [2.45, 2.75) is 67.7 Å². The number of sulfone groups is 1. The number of rotatable bonds is 12. The van der Waals surface area contributed by atoms with Gasteiger partial charge in [0.15, 0.2) is 9.84 Å². The number of hydrogen-bond donors (Lipinski definition) is 1. The minimum atomic E-state index is -3.93. The fraction of sp³-hybridized carbons (Fsp3) is 0.407. The molecule has 2 heterocycles. The van der Waals surface area contributed by atoms with Crippen LogP contribution in [-0.4, -0.2) is 63.8 Å². The molecule has 2 aromatic carbocycles. The van der Waals surface area contributed by atoms with Crippen molar-refractivity contribution in [3.63, 3.8) is 0 Å². The Bertz CT molecular complexity index is 1550. The molecule has 0 aliphatic carbocycles. The summed E-state index contributed by atoms with van der Waals surface area (Å²) in [5.41, 5.74) is 0.604. The van der Waals surface area contributed by atoms with Gasteiger partial charge >= 0.3 is 0 Å². The monoisotopic (exact) mass is 590 g/mol. The molecule has 40 heavy (non-hydrogen) atoms. The predicted molar refractivity (Wildman–Crippen MR) is 143 cm³/mol. The SMILES string of the molecule is Cc1ccc(S(=O)(=O)OCCCCCCCS(=O)(=O)c2cccc3c2C(=O)N(C2CCC(=O)NC2=O)C3=O)cc1. The summed E-state index contributed by atoms with van der Waals surface area (Å²) in [7, 11) is -7.75. The molecule has 4 amide bonds. The molecule has 1 fully saturated rings. The van der Waals surface area contributed by atoms with Crippen LogP contribution in [-0.2, 0) is 33.7 Å². The van der Waals surface area contributed by atoms with Crippen molar-refractivity contribution in [3.05, 3.63) is 59.2 Å². The number of aryl methyl sites for hydroxylation is 1. The number of imide groups is 2. The molecule has 0 saturated carbocycles. The lowest BCUT2D eigenvalue weighted by molar-refractivity contribution is -0.136. The second kappa shape index (κ2) is 12.0. The molecular formula is C27H30N2O9S2. The van der Waals surface area contributed by atoms with Gasteiger partial charge in [0.2, 0.25) is 11.8 Å². The van der Waals surface area contributed by atoms with Gasteiger partial charge in [-0.15, -0.1) is 0 Å². The maximum Gasteiger partial charge on any atom is 0.296 e. The van der Waals surface area contributed by atoms with E-state index in [1.54, 1.807) is 12.1 Å². The summed E-state index contributed by atoms with van der Waals surface area (Å²) in [5.74, 6) is -3.15. The first-order valence-corrected chi connectivity index (χ1v) is 16.0. The van der Waals surface area contributed by atoms with Gasteiger partial charge in [-0.05, 0) is 50.5 Å². The van der Waals surface area contributed by atoms with Crippen LogP contribution in [0.5, 0.6) is 0 Å². The third-order valence-electron chi connectivity index (χ3n) is 6.87. The van der Waals surface area contributed by atoms with Crippen molar-refractivity contribution < 1.29 is 40.2 Å². The molecule has 2 aromatic rings. The largest absolute Gasteiger partial charge is 0.296 e. The van der Waals surface area contributed by atoms with Gasteiger partial charge in [-0.25, -0.2) is 8.42 Å². The molecule has 13 heteroatoms. The van der Waals surface area contributed by atoms with Gasteiger partial charge in [0.05, 0.1) is 33.3 Å². The zero-order valence-electron chi connectivity index (χ0n) is 21.9. The Morgan fingerprint density at radius 1 is 0.875 bits per heavy atom. The first-order valence-electron chi connectivity index (χ1n) is 13.0. The predicted octanol–water partition coefficient (Wildman–Crippen LogP) is 2.53. The molecule has 0 bridgehead atoms. The Kier molecular flexibility index (Phi) is 8.86. The highest BCUT2D eigenvalue weighted by atomic mass is 32.2. The molecule has 1 unspecified atom stereocenters. The lowest BCUT2D eigenvalue weighted by Crippen LogP contribution is -2.54. The highest BCUT2D eigenvalue weighted by molar-refractivity contribution is 7.91. The molecule has 2 aliphatic heterocycles. The number of piperidine rings is 1. The molecule has 0 aromatic heterocycles. The van der Waals surface area contributed by atoms with Crippen LogP contribution < -0.4 is 5.32 Å². The average molecular weight is 591 g/mol. The smallest absolute Gasteiger partial charge is 0.295 e. The van der Waals surface area contributed by atoms with Crippen molar-refractivity contribution in [1.82, 2.24) is 10.2 Å². The van der Waals surface area contributed by atoms with Crippen molar-refractivity contribution in [3.8, 4) is 0 Å². The first-order chi connectivity index (χ1) is 18.9. The highest BCUT2D eigenvalue weighted by Crippen LogP contribution is 2.32. The quantitative estimate of drug-likeness (QED) is 0.222. The summed E-state index contributed by atoms with van der Waals surface area (Å²) in [4.78, 5) is 50.5. The van der Waals surface area contributed by atoms with E-state index in [1.807, 2.05) is 6.92 Å². The summed E-state index contributed by atoms with van der Waals surface area (Å²) in [6, 6.07) is 9.19. The summed E-state index contributed by atoms with van der Waals surface area (Å²) in [6.07, 6.45) is 2.55. The average Bonchev–Trinajstić information content (AvgIpc) is 3.15. The number of carbonyl (C=O) groups excluding carboxylic acids is 4. The Morgan fingerprint density at radius 3 is 2.25 bits per heavy atom. The van der Waals surface area contributed by atoms with E-state index >= 15 is 0 Å². The van der Waals surface area contributed by atoms with E-state index in [-0.39, 0.29) is 46.1 Å². The van der Waals surface area contributed by atoms with Gasteiger partial charge in [0.1, 0.15) is 6.04 Å². The van der Waals surface area contributed by atoms with Gasteiger partial charge in [-0.2, -0.15) is 8.42 Å².